The van der Waals surface area contributed by atoms with Gasteiger partial charge in [-0.1, -0.05) is 18.2 Å². The van der Waals surface area contributed by atoms with Gasteiger partial charge >= 0.3 is 0 Å². The van der Waals surface area contributed by atoms with Gasteiger partial charge in [-0.05, 0) is 67.4 Å². The summed E-state index contributed by atoms with van der Waals surface area (Å²) in [7, 11) is 1.75. The molecular weight excluding hydrogens is 482 g/mol. The monoisotopic (exact) mass is 515 g/mol. The number of allylic oxidation sites excluding steroid dienone is 2. The number of carbonyl (C=O) groups is 3. The minimum absolute atomic E-state index is 0.0144. The highest BCUT2D eigenvalue weighted by Crippen LogP contribution is 2.70. The Kier molecular flexibility index (Phi) is 5.29. The minimum atomic E-state index is -0.215. The zero-order chi connectivity index (χ0) is 26.2. The summed E-state index contributed by atoms with van der Waals surface area (Å²) < 4.78 is 5.44. The molecule has 4 atom stereocenters. The van der Waals surface area contributed by atoms with E-state index in [1.165, 1.54) is 17.7 Å². The molecule has 4 unspecified atom stereocenters. The van der Waals surface area contributed by atoms with Crippen LogP contribution < -0.4 is 4.90 Å². The SMILES string of the molecule is Cc1nnc(CN(C)C(=O)C2CCCN(c3cccc4c3C(=O)N(CC3CC5C=CC3C53CC3)C4=O)C2)o1. The number of hydrogen-bond donors (Lipinski definition) is 0. The van der Waals surface area contributed by atoms with Crippen molar-refractivity contribution in [1.82, 2.24) is 20.0 Å². The van der Waals surface area contributed by atoms with Crippen molar-refractivity contribution < 1.29 is 18.8 Å². The van der Waals surface area contributed by atoms with Crippen LogP contribution in [0.15, 0.2) is 34.8 Å². The number of benzene rings is 1. The van der Waals surface area contributed by atoms with Crippen molar-refractivity contribution in [2.24, 2.45) is 29.1 Å². The first kappa shape index (κ1) is 23.6. The molecule has 38 heavy (non-hydrogen) atoms. The second kappa shape index (κ2) is 8.51. The maximum absolute atomic E-state index is 13.7. The van der Waals surface area contributed by atoms with Gasteiger partial charge in [-0.15, -0.1) is 10.2 Å². The lowest BCUT2D eigenvalue weighted by molar-refractivity contribution is -0.135. The number of carbonyl (C=O) groups excluding carboxylic acids is 3. The molecule has 3 fully saturated rings. The third-order valence-electron chi connectivity index (χ3n) is 9.67. The molecule has 7 rings (SSSR count). The van der Waals surface area contributed by atoms with E-state index >= 15 is 0 Å². The van der Waals surface area contributed by atoms with Crippen LogP contribution >= 0.6 is 0 Å². The lowest BCUT2D eigenvalue weighted by Gasteiger charge is -2.36. The van der Waals surface area contributed by atoms with Gasteiger partial charge in [-0.25, -0.2) is 0 Å². The Bertz CT molecular complexity index is 1360. The van der Waals surface area contributed by atoms with Crippen molar-refractivity contribution in [3.05, 3.63) is 53.3 Å². The molecule has 1 saturated heterocycles. The fourth-order valence-corrected chi connectivity index (χ4v) is 7.70. The highest BCUT2D eigenvalue weighted by Gasteiger charge is 2.63. The Morgan fingerprint density at radius 3 is 2.76 bits per heavy atom. The van der Waals surface area contributed by atoms with Crippen LogP contribution in [-0.4, -0.2) is 64.4 Å². The molecule has 2 aromatic rings. The molecule has 0 N–H and O–H groups in total. The van der Waals surface area contributed by atoms with E-state index in [0.717, 1.165) is 31.5 Å². The quantitative estimate of drug-likeness (QED) is 0.429. The second-order valence-electron chi connectivity index (χ2n) is 11.9. The molecule has 3 amide bonds. The van der Waals surface area contributed by atoms with E-state index in [1.54, 1.807) is 24.9 Å². The van der Waals surface area contributed by atoms with Crippen molar-refractivity contribution >= 4 is 23.4 Å². The highest BCUT2D eigenvalue weighted by molar-refractivity contribution is 6.23. The maximum Gasteiger partial charge on any atom is 0.263 e. The van der Waals surface area contributed by atoms with Gasteiger partial charge in [0, 0.05) is 33.6 Å². The third kappa shape index (κ3) is 3.54. The van der Waals surface area contributed by atoms with Gasteiger partial charge in [-0.3, -0.25) is 19.3 Å². The largest absolute Gasteiger partial charge is 0.424 e. The summed E-state index contributed by atoms with van der Waals surface area (Å²) in [5.41, 5.74) is 2.19. The first-order valence-electron chi connectivity index (χ1n) is 13.8. The average molecular weight is 516 g/mol. The summed E-state index contributed by atoms with van der Waals surface area (Å²) in [6.45, 7) is 3.73. The van der Waals surface area contributed by atoms with Gasteiger partial charge in [0.05, 0.1) is 29.3 Å². The second-order valence-corrected chi connectivity index (χ2v) is 11.9. The molecule has 3 aliphatic carbocycles. The smallest absolute Gasteiger partial charge is 0.263 e. The molecule has 5 aliphatic rings. The van der Waals surface area contributed by atoms with Crippen LogP contribution in [0.2, 0.25) is 0 Å². The van der Waals surface area contributed by atoms with Gasteiger partial charge in [0.15, 0.2) is 0 Å². The summed E-state index contributed by atoms with van der Waals surface area (Å²) in [5, 5.41) is 7.84. The molecule has 1 aromatic heterocycles. The first-order chi connectivity index (χ1) is 18.4. The van der Waals surface area contributed by atoms with Crippen LogP contribution in [0.25, 0.3) is 0 Å². The van der Waals surface area contributed by atoms with Crippen LogP contribution in [0.4, 0.5) is 5.69 Å². The minimum Gasteiger partial charge on any atom is -0.424 e. The van der Waals surface area contributed by atoms with E-state index in [-0.39, 0.29) is 30.2 Å². The number of aryl methyl sites for hydroxylation is 1. The Morgan fingerprint density at radius 1 is 1.18 bits per heavy atom. The topological polar surface area (TPSA) is 99.9 Å². The zero-order valence-corrected chi connectivity index (χ0v) is 21.9. The zero-order valence-electron chi connectivity index (χ0n) is 21.9. The molecule has 1 aromatic carbocycles. The van der Waals surface area contributed by atoms with E-state index in [0.29, 0.717) is 59.2 Å². The lowest BCUT2D eigenvalue weighted by atomic mass is 9.88. The first-order valence-corrected chi connectivity index (χ1v) is 13.8. The van der Waals surface area contributed by atoms with Crippen molar-refractivity contribution in [3.63, 3.8) is 0 Å². The number of piperidine rings is 1. The summed E-state index contributed by atoms with van der Waals surface area (Å²) in [4.78, 5) is 45.7. The molecule has 1 spiro atoms. The lowest BCUT2D eigenvalue weighted by Crippen LogP contribution is -2.44. The fourth-order valence-electron chi connectivity index (χ4n) is 7.70. The maximum atomic E-state index is 13.7. The van der Waals surface area contributed by atoms with E-state index in [1.807, 2.05) is 12.1 Å². The fraction of sp³-hybridized carbons (Fsp3) is 0.552. The molecule has 9 heteroatoms. The molecule has 3 heterocycles. The Labute approximate surface area is 221 Å². The Hall–Kier alpha value is -3.49. The van der Waals surface area contributed by atoms with Crippen molar-refractivity contribution in [2.75, 3.05) is 31.6 Å². The molecule has 2 bridgehead atoms. The summed E-state index contributed by atoms with van der Waals surface area (Å²) in [6, 6.07) is 5.55. The number of amides is 3. The van der Waals surface area contributed by atoms with Crippen LogP contribution in [0.1, 0.15) is 64.6 Å². The molecule has 9 nitrogen and oxygen atoms in total. The van der Waals surface area contributed by atoms with E-state index in [9.17, 15) is 14.4 Å². The third-order valence-corrected chi connectivity index (χ3v) is 9.67. The van der Waals surface area contributed by atoms with E-state index in [4.69, 9.17) is 4.42 Å². The van der Waals surface area contributed by atoms with Gasteiger partial charge in [0.2, 0.25) is 17.7 Å². The average Bonchev–Trinajstić information content (AvgIpc) is 3.31. The number of aromatic nitrogens is 2. The number of fused-ring (bicyclic) bond motifs is 1. The van der Waals surface area contributed by atoms with Gasteiger partial charge in [0.25, 0.3) is 11.8 Å². The standard InChI is InChI=1S/C29H33N5O4/c1-17-30-31-24(38-17)16-32(2)26(35)18-5-4-12-33(14-18)23-7-3-6-21-25(23)28(37)34(27(21)36)15-19-13-20-8-9-22(19)29(20)10-11-29/h3,6-9,18-20,22H,4-5,10-16H2,1-2H3. The molecular formula is C29H33N5O4. The van der Waals surface area contributed by atoms with Crippen LogP contribution in [0.3, 0.4) is 0 Å². The number of anilines is 1. The Morgan fingerprint density at radius 2 is 2.03 bits per heavy atom. The van der Waals surface area contributed by atoms with Gasteiger partial charge in [0.1, 0.15) is 0 Å². The van der Waals surface area contributed by atoms with E-state index < -0.39 is 0 Å². The number of nitrogens with zero attached hydrogens (tertiary/aromatic N) is 5. The predicted octanol–water partition coefficient (Wildman–Crippen LogP) is 3.45. The summed E-state index contributed by atoms with van der Waals surface area (Å²) >= 11 is 0. The Balaban J connectivity index is 1.08. The van der Waals surface area contributed by atoms with Crippen LogP contribution in [0.5, 0.6) is 0 Å². The number of rotatable bonds is 6. The highest BCUT2D eigenvalue weighted by atomic mass is 16.4. The van der Waals surface area contributed by atoms with Crippen LogP contribution in [-0.2, 0) is 11.3 Å². The van der Waals surface area contributed by atoms with Crippen molar-refractivity contribution in [1.29, 1.82) is 0 Å². The molecule has 198 valence electrons. The van der Waals surface area contributed by atoms with Crippen molar-refractivity contribution in [2.45, 2.75) is 45.6 Å². The molecule has 2 aliphatic heterocycles. The summed E-state index contributed by atoms with van der Waals surface area (Å²) in [6.07, 6.45) is 9.94. The summed E-state index contributed by atoms with van der Waals surface area (Å²) in [5.74, 6) is 1.79. The normalized spacial score (nSPS) is 28.5. The van der Waals surface area contributed by atoms with Crippen LogP contribution in [0, 0.1) is 36.0 Å². The van der Waals surface area contributed by atoms with Gasteiger partial charge < -0.3 is 14.2 Å². The number of imide groups is 1. The van der Waals surface area contributed by atoms with E-state index in [2.05, 4.69) is 27.2 Å². The molecule has 2 saturated carbocycles. The number of hydrogen-bond acceptors (Lipinski definition) is 7. The van der Waals surface area contributed by atoms with Crippen molar-refractivity contribution in [3.8, 4) is 0 Å². The van der Waals surface area contributed by atoms with Gasteiger partial charge in [-0.2, -0.15) is 0 Å². The predicted molar refractivity (Wildman–Crippen MR) is 138 cm³/mol. The molecule has 0 radical (unpaired) electrons.